The molecule has 4 heteroatoms. The summed E-state index contributed by atoms with van der Waals surface area (Å²) in [6, 6.07) is -1.09. The van der Waals surface area contributed by atoms with E-state index in [1.54, 1.807) is 0 Å². The molecule has 0 aliphatic carbocycles. The Bertz CT molecular complexity index is 32.5. The Hall–Kier alpha value is 0.0499. The van der Waals surface area contributed by atoms with E-state index in [2.05, 4.69) is 0 Å². The summed E-state index contributed by atoms with van der Waals surface area (Å²) in [5.41, 5.74) is 4.84. The zero-order valence-corrected chi connectivity index (χ0v) is 3.33. The van der Waals surface area contributed by atoms with Crippen molar-refractivity contribution < 1.29 is 5.11 Å². The molecule has 2 nitrogen and oxygen atoms in total. The Kier molecular flexibility index (Phi) is 2.28. The van der Waals surface area contributed by atoms with Crippen LogP contribution in [0.15, 0.2) is 0 Å². The maximum absolute atomic E-state index is 8.16. The van der Waals surface area contributed by atoms with E-state index in [4.69, 9.17) is 26.5 Å². The lowest BCUT2D eigenvalue weighted by molar-refractivity contribution is 0.251. The number of hydrogen-bond acceptors (Lipinski definition) is 2. The van der Waals surface area contributed by atoms with Gasteiger partial charge in [0, 0.05) is 6.00 Å². The number of aliphatic hydroxyl groups is 1. The van der Waals surface area contributed by atoms with E-state index in [1.165, 1.54) is 0 Å². The Morgan fingerprint density at radius 3 is 1.67 bits per heavy atom. The molecule has 0 aromatic carbocycles. The van der Waals surface area contributed by atoms with Gasteiger partial charge in [0.05, 0.1) is 7.85 Å². The van der Waals surface area contributed by atoms with Gasteiger partial charge in [-0.25, -0.2) is 0 Å². The minimum Gasteiger partial charge on any atom is -0.402 e. The Morgan fingerprint density at radius 2 is 1.67 bits per heavy atom. The first-order valence-electron chi connectivity index (χ1n) is 1.59. The van der Waals surface area contributed by atoms with E-state index < -0.39 is 11.9 Å². The van der Waals surface area contributed by atoms with Crippen LogP contribution < -0.4 is 5.73 Å². The van der Waals surface area contributed by atoms with E-state index in [-0.39, 0.29) is 0 Å². The first-order chi connectivity index (χ1) is 2.64. The molecule has 0 heterocycles. The smallest absolute Gasteiger partial charge is 0.109 e. The second kappa shape index (κ2) is 2.26. The van der Waals surface area contributed by atoms with Crippen molar-refractivity contribution in [1.82, 2.24) is 0 Å². The van der Waals surface area contributed by atoms with Crippen molar-refractivity contribution in [2.24, 2.45) is 5.73 Å². The van der Waals surface area contributed by atoms with Crippen LogP contribution in [0.3, 0.4) is 0 Å². The second-order valence-electron chi connectivity index (χ2n) is 1.07. The lowest BCUT2D eigenvalue weighted by atomic mass is 9.81. The Balaban J connectivity index is 2.99. The fourth-order valence-corrected chi connectivity index (χ4v) is 0. The summed E-state index contributed by atoms with van der Waals surface area (Å²) in [7, 11) is 9.58. The molecule has 0 aromatic heterocycles. The molecule has 0 bridgehead atoms. The monoisotopic (exact) mass is 81.1 g/mol. The Morgan fingerprint density at radius 1 is 1.50 bits per heavy atom. The van der Waals surface area contributed by atoms with Crippen LogP contribution in [0, 0.1) is 0 Å². The average Bonchev–Trinajstić information content (AvgIpc) is 1.36. The predicted octanol–water partition coefficient (Wildman–Crippen LogP) is -2.07. The summed E-state index contributed by atoms with van der Waals surface area (Å²) in [4.78, 5) is 0. The van der Waals surface area contributed by atoms with Crippen LogP contribution in [0.5, 0.6) is 0 Å². The molecule has 0 amide bonds. The maximum Gasteiger partial charge on any atom is 0.109 e. The third-order valence-corrected chi connectivity index (χ3v) is 0.394. The largest absolute Gasteiger partial charge is 0.402 e. The summed E-state index contributed by atoms with van der Waals surface area (Å²) in [5, 5.41) is 8.16. The first kappa shape index (κ1) is 6.05. The normalized spacial score (nSPS) is 19.7. The zero-order valence-electron chi connectivity index (χ0n) is 3.33. The SMILES string of the molecule is [B]C(N)C([B])O. The molecule has 2 atom stereocenters. The highest BCUT2D eigenvalue weighted by Gasteiger charge is 1.97. The van der Waals surface area contributed by atoms with Gasteiger partial charge in [-0.05, 0) is 5.94 Å². The number of aliphatic hydroxyl groups excluding tert-OH is 1. The van der Waals surface area contributed by atoms with E-state index in [1.807, 2.05) is 0 Å². The van der Waals surface area contributed by atoms with E-state index in [0.29, 0.717) is 0 Å². The highest BCUT2D eigenvalue weighted by atomic mass is 16.3. The van der Waals surface area contributed by atoms with E-state index >= 15 is 0 Å². The van der Waals surface area contributed by atoms with Gasteiger partial charge in [-0.1, -0.05) is 0 Å². The van der Waals surface area contributed by atoms with Crippen molar-refractivity contribution in [2.45, 2.75) is 11.9 Å². The third kappa shape index (κ3) is 2.30. The van der Waals surface area contributed by atoms with Gasteiger partial charge in [0.1, 0.15) is 7.85 Å². The molecule has 3 N–H and O–H groups in total. The summed E-state index contributed by atoms with van der Waals surface area (Å²) in [5.74, 6) is -0.815. The molecule has 4 radical (unpaired) electrons. The van der Waals surface area contributed by atoms with Crippen LogP contribution in [0.2, 0.25) is 0 Å². The molecule has 0 aromatic rings. The molecule has 2 unspecified atom stereocenters. The molecule has 30 valence electrons. The van der Waals surface area contributed by atoms with Gasteiger partial charge < -0.3 is 10.8 Å². The van der Waals surface area contributed by atoms with Gasteiger partial charge in [-0.3, -0.25) is 0 Å². The quantitative estimate of drug-likeness (QED) is 0.356. The van der Waals surface area contributed by atoms with Gasteiger partial charge in [-0.2, -0.15) is 0 Å². The van der Waals surface area contributed by atoms with Gasteiger partial charge in [-0.15, -0.1) is 0 Å². The maximum atomic E-state index is 8.16. The topological polar surface area (TPSA) is 46.2 Å². The number of hydrogen-bond donors (Lipinski definition) is 2. The molecule has 0 rings (SSSR count). The molecule has 0 saturated heterocycles. The van der Waals surface area contributed by atoms with Crippen molar-refractivity contribution in [3.8, 4) is 0 Å². The molecular formula is C2H5B2NO. The first-order valence-corrected chi connectivity index (χ1v) is 1.59. The highest BCUT2D eigenvalue weighted by molar-refractivity contribution is 6.20. The van der Waals surface area contributed by atoms with Crippen LogP contribution in [0.25, 0.3) is 0 Å². The van der Waals surface area contributed by atoms with Crippen molar-refractivity contribution in [1.29, 1.82) is 0 Å². The average molecular weight is 80.7 g/mol. The molecule has 0 saturated carbocycles. The minimum absolute atomic E-state index is 0.815. The fourth-order valence-electron chi connectivity index (χ4n) is 0. The van der Waals surface area contributed by atoms with Gasteiger partial charge in [0.15, 0.2) is 0 Å². The standard InChI is InChI=1S/C2H5B2NO/c3-1(5)2(4)6/h1-2,6H,5H2. The molecule has 6 heavy (non-hydrogen) atoms. The predicted molar refractivity (Wildman–Crippen MR) is 25.5 cm³/mol. The Labute approximate surface area is 39.5 Å². The van der Waals surface area contributed by atoms with Gasteiger partial charge >= 0.3 is 0 Å². The number of nitrogens with two attached hydrogens (primary N) is 1. The van der Waals surface area contributed by atoms with Crippen LogP contribution in [-0.2, 0) is 0 Å². The molecule has 0 fully saturated rings. The van der Waals surface area contributed by atoms with Crippen molar-refractivity contribution in [2.75, 3.05) is 0 Å². The molecule has 0 aliphatic rings. The lowest BCUT2D eigenvalue weighted by Gasteiger charge is -2.05. The summed E-state index contributed by atoms with van der Waals surface area (Å²) < 4.78 is 0. The zero-order chi connectivity index (χ0) is 5.15. The van der Waals surface area contributed by atoms with Crippen LogP contribution in [-0.4, -0.2) is 32.7 Å². The fraction of sp³-hybridized carbons (Fsp3) is 1.00. The minimum atomic E-state index is -1.09. The summed E-state index contributed by atoms with van der Waals surface area (Å²) in [6.07, 6.45) is 0. The van der Waals surface area contributed by atoms with Gasteiger partial charge in [0.2, 0.25) is 0 Å². The molecule has 0 spiro atoms. The van der Waals surface area contributed by atoms with Crippen molar-refractivity contribution >= 4 is 15.7 Å². The van der Waals surface area contributed by atoms with Crippen molar-refractivity contribution in [3.05, 3.63) is 0 Å². The van der Waals surface area contributed by atoms with E-state index in [0.717, 1.165) is 0 Å². The number of rotatable bonds is 1. The molecular weight excluding hydrogens is 75.7 g/mol. The third-order valence-electron chi connectivity index (χ3n) is 0.394. The van der Waals surface area contributed by atoms with Crippen LogP contribution in [0.1, 0.15) is 0 Å². The van der Waals surface area contributed by atoms with Gasteiger partial charge in [0.25, 0.3) is 0 Å². The molecule has 0 aliphatic heterocycles. The van der Waals surface area contributed by atoms with E-state index in [9.17, 15) is 0 Å². The summed E-state index contributed by atoms with van der Waals surface area (Å²) >= 11 is 0. The second-order valence-corrected chi connectivity index (χ2v) is 1.07. The van der Waals surface area contributed by atoms with Crippen LogP contribution in [0.4, 0.5) is 0 Å². The highest BCUT2D eigenvalue weighted by Crippen LogP contribution is 1.71. The lowest BCUT2D eigenvalue weighted by Crippen LogP contribution is -2.34. The van der Waals surface area contributed by atoms with Crippen molar-refractivity contribution in [3.63, 3.8) is 0 Å². The van der Waals surface area contributed by atoms with Crippen LogP contribution >= 0.6 is 0 Å². The summed E-state index contributed by atoms with van der Waals surface area (Å²) in [6.45, 7) is 0.